The van der Waals surface area contributed by atoms with Gasteiger partial charge in [-0.15, -0.1) is 0 Å². The van der Waals surface area contributed by atoms with E-state index >= 15 is 0 Å². The number of esters is 1. The van der Waals surface area contributed by atoms with E-state index in [1.165, 1.54) is 19.5 Å². The Kier molecular flexibility index (Phi) is 8.69. The lowest BCUT2D eigenvalue weighted by molar-refractivity contribution is -0.149. The standard InChI is InChI=1S/C20H37N3O3/c1-4-26-19(24)18-7-11-23(12-8-18)20(25)21-9-5-6-10-22-14-16(2)13-17(3)15-22/h16-18H,4-15H2,1-3H3,(H,21,25). The Labute approximate surface area is 158 Å². The summed E-state index contributed by atoms with van der Waals surface area (Å²) in [5, 5.41) is 3.03. The molecule has 2 aliphatic rings. The quantitative estimate of drug-likeness (QED) is 0.555. The van der Waals surface area contributed by atoms with Gasteiger partial charge in [0.2, 0.25) is 0 Å². The van der Waals surface area contributed by atoms with E-state index in [1.54, 1.807) is 0 Å². The van der Waals surface area contributed by atoms with Gasteiger partial charge in [0.25, 0.3) is 0 Å². The van der Waals surface area contributed by atoms with E-state index in [9.17, 15) is 9.59 Å². The highest BCUT2D eigenvalue weighted by Crippen LogP contribution is 2.21. The predicted molar refractivity (Wildman–Crippen MR) is 103 cm³/mol. The van der Waals surface area contributed by atoms with Gasteiger partial charge in [-0.05, 0) is 57.4 Å². The molecule has 2 unspecified atom stereocenters. The number of nitrogens with one attached hydrogen (secondary N) is 1. The molecule has 1 N–H and O–H groups in total. The van der Waals surface area contributed by atoms with Crippen molar-refractivity contribution >= 4 is 12.0 Å². The smallest absolute Gasteiger partial charge is 0.317 e. The Morgan fingerprint density at radius 2 is 1.73 bits per heavy atom. The number of rotatable bonds is 7. The zero-order chi connectivity index (χ0) is 18.9. The van der Waals surface area contributed by atoms with Crippen LogP contribution in [0.5, 0.6) is 0 Å². The second-order valence-electron chi connectivity index (χ2n) is 8.16. The van der Waals surface area contributed by atoms with Crippen molar-refractivity contribution in [2.45, 2.75) is 52.9 Å². The molecule has 2 heterocycles. The zero-order valence-electron chi connectivity index (χ0n) is 16.8. The lowest BCUT2D eigenvalue weighted by atomic mass is 9.92. The van der Waals surface area contributed by atoms with E-state index in [2.05, 4.69) is 24.1 Å². The van der Waals surface area contributed by atoms with Gasteiger partial charge in [-0.2, -0.15) is 0 Å². The van der Waals surface area contributed by atoms with Crippen molar-refractivity contribution < 1.29 is 14.3 Å². The summed E-state index contributed by atoms with van der Waals surface area (Å²) in [6.45, 7) is 12.5. The first-order valence-corrected chi connectivity index (χ1v) is 10.4. The molecule has 2 saturated heterocycles. The molecule has 2 aliphatic heterocycles. The summed E-state index contributed by atoms with van der Waals surface area (Å²) >= 11 is 0. The second kappa shape index (κ2) is 10.8. The minimum absolute atomic E-state index is 0.00697. The molecular formula is C20H37N3O3. The first-order valence-electron chi connectivity index (χ1n) is 10.4. The number of unbranched alkanes of at least 4 members (excludes halogenated alkanes) is 1. The maximum absolute atomic E-state index is 12.2. The van der Waals surface area contributed by atoms with Crippen molar-refractivity contribution in [1.29, 1.82) is 0 Å². The second-order valence-corrected chi connectivity index (χ2v) is 8.16. The van der Waals surface area contributed by atoms with Gasteiger partial charge in [0.05, 0.1) is 12.5 Å². The monoisotopic (exact) mass is 367 g/mol. The maximum atomic E-state index is 12.2. The molecule has 2 rings (SSSR count). The van der Waals surface area contributed by atoms with Crippen molar-refractivity contribution in [3.8, 4) is 0 Å². The molecule has 150 valence electrons. The molecule has 6 nitrogen and oxygen atoms in total. The molecule has 0 radical (unpaired) electrons. The molecule has 0 spiro atoms. The SMILES string of the molecule is CCOC(=O)C1CCN(C(=O)NCCCCN2CC(C)CC(C)C2)CC1. The summed E-state index contributed by atoms with van der Waals surface area (Å²) in [6, 6.07) is 0.00697. The topological polar surface area (TPSA) is 61.9 Å². The number of nitrogens with zero attached hydrogens (tertiary/aromatic N) is 2. The average molecular weight is 368 g/mol. The lowest BCUT2D eigenvalue weighted by Gasteiger charge is -2.35. The van der Waals surface area contributed by atoms with Crippen LogP contribution in [0.3, 0.4) is 0 Å². The van der Waals surface area contributed by atoms with Gasteiger partial charge in [0, 0.05) is 32.7 Å². The molecule has 0 saturated carbocycles. The molecule has 0 aliphatic carbocycles. The zero-order valence-corrected chi connectivity index (χ0v) is 16.8. The Bertz CT molecular complexity index is 440. The van der Waals surface area contributed by atoms with Gasteiger partial charge in [0.15, 0.2) is 0 Å². The first kappa shape index (κ1) is 21.0. The molecule has 2 atom stereocenters. The summed E-state index contributed by atoms with van der Waals surface area (Å²) in [4.78, 5) is 28.4. The Morgan fingerprint density at radius 3 is 2.35 bits per heavy atom. The van der Waals surface area contributed by atoms with Gasteiger partial charge in [-0.25, -0.2) is 4.79 Å². The van der Waals surface area contributed by atoms with E-state index < -0.39 is 0 Å². The molecule has 0 aromatic heterocycles. The van der Waals surface area contributed by atoms with Crippen LogP contribution in [0.1, 0.15) is 52.9 Å². The van der Waals surface area contributed by atoms with Crippen molar-refractivity contribution in [2.24, 2.45) is 17.8 Å². The number of likely N-dealkylation sites (tertiary alicyclic amines) is 2. The van der Waals surface area contributed by atoms with Gasteiger partial charge >= 0.3 is 12.0 Å². The minimum atomic E-state index is -0.117. The molecule has 0 aromatic rings. The molecule has 26 heavy (non-hydrogen) atoms. The highest BCUT2D eigenvalue weighted by atomic mass is 16.5. The van der Waals surface area contributed by atoms with Crippen LogP contribution in [-0.4, -0.2) is 67.7 Å². The van der Waals surface area contributed by atoms with Crippen LogP contribution in [0.4, 0.5) is 4.79 Å². The van der Waals surface area contributed by atoms with Crippen LogP contribution in [0.2, 0.25) is 0 Å². The summed E-state index contributed by atoms with van der Waals surface area (Å²) in [5.74, 6) is 1.44. The highest BCUT2D eigenvalue weighted by Gasteiger charge is 2.28. The maximum Gasteiger partial charge on any atom is 0.317 e. The van der Waals surface area contributed by atoms with Gasteiger partial charge in [-0.1, -0.05) is 13.8 Å². The summed E-state index contributed by atoms with van der Waals surface area (Å²) in [7, 11) is 0. The van der Waals surface area contributed by atoms with E-state index in [0.717, 1.165) is 37.8 Å². The third-order valence-electron chi connectivity index (χ3n) is 5.52. The van der Waals surface area contributed by atoms with Gasteiger partial charge in [0.1, 0.15) is 0 Å². The van der Waals surface area contributed by atoms with Crippen LogP contribution in [0.25, 0.3) is 0 Å². The van der Waals surface area contributed by atoms with E-state index in [-0.39, 0.29) is 17.9 Å². The normalized spacial score (nSPS) is 25.1. The van der Waals surface area contributed by atoms with Crippen LogP contribution in [-0.2, 0) is 9.53 Å². The molecular weight excluding hydrogens is 330 g/mol. The van der Waals surface area contributed by atoms with Gasteiger partial charge in [-0.3, -0.25) is 4.79 Å². The predicted octanol–water partition coefficient (Wildman–Crippen LogP) is 2.73. The first-order chi connectivity index (χ1) is 12.5. The third-order valence-corrected chi connectivity index (χ3v) is 5.52. The summed E-state index contributed by atoms with van der Waals surface area (Å²) < 4.78 is 5.07. The van der Waals surface area contributed by atoms with Crippen LogP contribution in [0, 0.1) is 17.8 Å². The number of urea groups is 1. The number of piperidine rings is 2. The number of carbonyl (C=O) groups excluding carboxylic acids is 2. The fourth-order valence-electron chi connectivity index (χ4n) is 4.32. The molecule has 0 aromatic carbocycles. The molecule has 6 heteroatoms. The number of ether oxygens (including phenoxy) is 1. The van der Waals surface area contributed by atoms with Crippen molar-refractivity contribution in [3.63, 3.8) is 0 Å². The van der Waals surface area contributed by atoms with Crippen molar-refractivity contribution in [3.05, 3.63) is 0 Å². The molecule has 0 bridgehead atoms. The molecule has 2 fully saturated rings. The van der Waals surface area contributed by atoms with E-state index in [4.69, 9.17) is 4.74 Å². The van der Waals surface area contributed by atoms with E-state index in [1.807, 2.05) is 11.8 Å². The van der Waals surface area contributed by atoms with Crippen molar-refractivity contribution in [1.82, 2.24) is 15.1 Å². The van der Waals surface area contributed by atoms with Crippen LogP contribution in [0.15, 0.2) is 0 Å². The minimum Gasteiger partial charge on any atom is -0.466 e. The Hall–Kier alpha value is -1.30. The third kappa shape index (κ3) is 6.78. The lowest BCUT2D eigenvalue weighted by Crippen LogP contribution is -2.46. The fraction of sp³-hybridized carbons (Fsp3) is 0.900. The average Bonchev–Trinajstić information content (AvgIpc) is 2.61. The van der Waals surface area contributed by atoms with Gasteiger partial charge < -0.3 is 19.9 Å². The van der Waals surface area contributed by atoms with Crippen LogP contribution < -0.4 is 5.32 Å². The fourth-order valence-corrected chi connectivity index (χ4v) is 4.32. The number of hydrogen-bond donors (Lipinski definition) is 1. The molecule has 2 amide bonds. The van der Waals surface area contributed by atoms with Crippen LogP contribution >= 0.6 is 0 Å². The van der Waals surface area contributed by atoms with Crippen molar-refractivity contribution in [2.75, 3.05) is 45.9 Å². The Morgan fingerprint density at radius 1 is 1.08 bits per heavy atom. The Balaban J connectivity index is 1.55. The summed E-state index contributed by atoms with van der Waals surface area (Å²) in [6.07, 6.45) is 4.91. The summed E-state index contributed by atoms with van der Waals surface area (Å²) in [5.41, 5.74) is 0. The van der Waals surface area contributed by atoms with E-state index in [0.29, 0.717) is 32.5 Å². The largest absolute Gasteiger partial charge is 0.466 e. The highest BCUT2D eigenvalue weighted by molar-refractivity contribution is 5.76. The number of hydrogen-bond acceptors (Lipinski definition) is 4. The number of amides is 2. The number of carbonyl (C=O) groups is 2.